The van der Waals surface area contributed by atoms with Gasteiger partial charge in [0.2, 0.25) is 0 Å². The van der Waals surface area contributed by atoms with Crippen molar-refractivity contribution in [3.63, 3.8) is 0 Å². The van der Waals surface area contributed by atoms with Gasteiger partial charge in [0, 0.05) is 6.54 Å². The zero-order valence-corrected chi connectivity index (χ0v) is 11.5. The predicted octanol–water partition coefficient (Wildman–Crippen LogP) is 5.28. The lowest BCUT2D eigenvalue weighted by molar-refractivity contribution is -0.137. The van der Waals surface area contributed by atoms with Crippen LogP contribution < -0.4 is 5.32 Å². The molecule has 0 heterocycles. The number of hydrogen-bond donors (Lipinski definition) is 1. The molecule has 0 spiro atoms. The molecule has 2 rings (SSSR count). The van der Waals surface area contributed by atoms with E-state index in [0.29, 0.717) is 11.6 Å². The van der Waals surface area contributed by atoms with Crippen LogP contribution in [0.4, 0.5) is 18.9 Å². The minimum Gasteiger partial charge on any atom is -0.380 e. The molecule has 0 atom stereocenters. The fourth-order valence-electron chi connectivity index (χ4n) is 1.86. The molecule has 2 aromatic carbocycles. The summed E-state index contributed by atoms with van der Waals surface area (Å²) in [6, 6.07) is 10.6. The molecule has 0 aromatic heterocycles. The molecule has 0 saturated carbocycles. The Morgan fingerprint density at radius 2 is 1.70 bits per heavy atom. The average Bonchev–Trinajstić information content (AvgIpc) is 2.37. The molecule has 0 aliphatic carbocycles. The molecular weight excluding hydrogens is 287 g/mol. The number of alkyl halides is 3. The summed E-state index contributed by atoms with van der Waals surface area (Å²) >= 11 is 6.07. The second-order valence-electron chi connectivity index (χ2n) is 4.48. The molecule has 0 radical (unpaired) electrons. The van der Waals surface area contributed by atoms with E-state index in [4.69, 9.17) is 11.6 Å². The highest BCUT2D eigenvalue weighted by Crippen LogP contribution is 2.29. The third-order valence-electron chi connectivity index (χ3n) is 2.97. The summed E-state index contributed by atoms with van der Waals surface area (Å²) in [5, 5.41) is 3.74. The predicted molar refractivity (Wildman–Crippen MR) is 75.0 cm³/mol. The van der Waals surface area contributed by atoms with Crippen molar-refractivity contribution in [1.29, 1.82) is 0 Å². The van der Waals surface area contributed by atoms with Crippen molar-refractivity contribution >= 4 is 17.3 Å². The number of halogens is 4. The highest BCUT2D eigenvalue weighted by molar-refractivity contribution is 6.33. The number of aryl methyl sites for hydroxylation is 1. The van der Waals surface area contributed by atoms with E-state index in [1.807, 2.05) is 19.1 Å². The fraction of sp³-hybridized carbons (Fsp3) is 0.200. The van der Waals surface area contributed by atoms with Crippen molar-refractivity contribution in [3.05, 3.63) is 64.2 Å². The van der Waals surface area contributed by atoms with Gasteiger partial charge in [-0.25, -0.2) is 0 Å². The Morgan fingerprint density at radius 1 is 1.05 bits per heavy atom. The largest absolute Gasteiger partial charge is 0.416 e. The molecule has 2 aromatic rings. The zero-order valence-electron chi connectivity index (χ0n) is 10.8. The summed E-state index contributed by atoms with van der Waals surface area (Å²) < 4.78 is 37.3. The third-order valence-corrected chi connectivity index (χ3v) is 3.29. The van der Waals surface area contributed by atoms with Gasteiger partial charge in [-0.05, 0) is 36.2 Å². The van der Waals surface area contributed by atoms with Crippen LogP contribution in [-0.4, -0.2) is 0 Å². The summed E-state index contributed by atoms with van der Waals surface area (Å²) in [4.78, 5) is 0. The monoisotopic (exact) mass is 299 g/mol. The highest BCUT2D eigenvalue weighted by Gasteiger charge is 2.29. The standard InChI is InChI=1S/C15H13ClF3N/c1-10-3-2-4-13(16)14(10)20-9-11-5-7-12(8-6-11)15(17,18)19/h2-8,20H,9H2,1H3. The lowest BCUT2D eigenvalue weighted by atomic mass is 10.1. The van der Waals surface area contributed by atoms with Gasteiger partial charge in [0.25, 0.3) is 0 Å². The van der Waals surface area contributed by atoms with Gasteiger partial charge in [-0.3, -0.25) is 0 Å². The minimum absolute atomic E-state index is 0.419. The number of para-hydroxylation sites is 1. The molecule has 0 aliphatic rings. The van der Waals surface area contributed by atoms with Crippen LogP contribution in [0.3, 0.4) is 0 Å². The lowest BCUT2D eigenvalue weighted by Crippen LogP contribution is -2.06. The van der Waals surface area contributed by atoms with Gasteiger partial charge in [-0.15, -0.1) is 0 Å². The summed E-state index contributed by atoms with van der Waals surface area (Å²) in [5.74, 6) is 0. The van der Waals surface area contributed by atoms with Crippen LogP contribution >= 0.6 is 11.6 Å². The van der Waals surface area contributed by atoms with Gasteiger partial charge in [0.15, 0.2) is 0 Å². The van der Waals surface area contributed by atoms with Gasteiger partial charge in [-0.1, -0.05) is 35.9 Å². The second kappa shape index (κ2) is 5.75. The fourth-order valence-corrected chi connectivity index (χ4v) is 2.15. The van der Waals surface area contributed by atoms with Crippen molar-refractivity contribution in [3.8, 4) is 0 Å². The summed E-state index contributed by atoms with van der Waals surface area (Å²) in [5.41, 5.74) is 1.91. The molecule has 0 bridgehead atoms. The Hall–Kier alpha value is -1.68. The van der Waals surface area contributed by atoms with Crippen LogP contribution in [0.2, 0.25) is 5.02 Å². The van der Waals surface area contributed by atoms with Crippen molar-refractivity contribution in [2.24, 2.45) is 0 Å². The van der Waals surface area contributed by atoms with Crippen molar-refractivity contribution < 1.29 is 13.2 Å². The first-order chi connectivity index (χ1) is 9.38. The maximum Gasteiger partial charge on any atom is 0.416 e. The molecule has 0 saturated heterocycles. The Kier molecular flexibility index (Phi) is 4.23. The van der Waals surface area contributed by atoms with E-state index in [0.717, 1.165) is 28.9 Å². The molecule has 0 unspecified atom stereocenters. The molecule has 1 N–H and O–H groups in total. The minimum atomic E-state index is -4.30. The number of anilines is 1. The van der Waals surface area contributed by atoms with Crippen molar-refractivity contribution in [1.82, 2.24) is 0 Å². The van der Waals surface area contributed by atoms with Gasteiger partial charge in [0.05, 0.1) is 16.3 Å². The Morgan fingerprint density at radius 3 is 2.25 bits per heavy atom. The number of benzene rings is 2. The van der Waals surface area contributed by atoms with Crippen LogP contribution in [0.15, 0.2) is 42.5 Å². The van der Waals surface area contributed by atoms with Crippen LogP contribution in [0, 0.1) is 6.92 Å². The van der Waals surface area contributed by atoms with Crippen molar-refractivity contribution in [2.45, 2.75) is 19.6 Å². The number of rotatable bonds is 3. The topological polar surface area (TPSA) is 12.0 Å². The molecule has 0 aliphatic heterocycles. The van der Waals surface area contributed by atoms with Crippen LogP contribution in [0.1, 0.15) is 16.7 Å². The van der Waals surface area contributed by atoms with E-state index in [-0.39, 0.29) is 0 Å². The summed E-state index contributed by atoms with van der Waals surface area (Å²) in [6.45, 7) is 2.34. The quantitative estimate of drug-likeness (QED) is 0.813. The van der Waals surface area contributed by atoms with Crippen LogP contribution in [-0.2, 0) is 12.7 Å². The van der Waals surface area contributed by atoms with Crippen LogP contribution in [0.25, 0.3) is 0 Å². The number of hydrogen-bond acceptors (Lipinski definition) is 1. The van der Waals surface area contributed by atoms with E-state index in [9.17, 15) is 13.2 Å². The first-order valence-electron chi connectivity index (χ1n) is 6.03. The Bertz CT molecular complexity index is 571. The maximum absolute atomic E-state index is 12.4. The smallest absolute Gasteiger partial charge is 0.380 e. The zero-order chi connectivity index (χ0) is 14.8. The van der Waals surface area contributed by atoms with E-state index < -0.39 is 11.7 Å². The normalized spacial score (nSPS) is 11.4. The molecule has 20 heavy (non-hydrogen) atoms. The first kappa shape index (κ1) is 14.7. The van der Waals surface area contributed by atoms with E-state index in [1.165, 1.54) is 12.1 Å². The second-order valence-corrected chi connectivity index (χ2v) is 4.89. The molecule has 5 heteroatoms. The van der Waals surface area contributed by atoms with Gasteiger partial charge in [-0.2, -0.15) is 13.2 Å². The third kappa shape index (κ3) is 3.45. The molecule has 0 amide bonds. The SMILES string of the molecule is Cc1cccc(Cl)c1NCc1ccc(C(F)(F)F)cc1. The molecule has 106 valence electrons. The molecule has 0 fully saturated rings. The van der Waals surface area contributed by atoms with E-state index in [2.05, 4.69) is 5.32 Å². The summed E-state index contributed by atoms with van der Waals surface area (Å²) in [7, 11) is 0. The highest BCUT2D eigenvalue weighted by atomic mass is 35.5. The average molecular weight is 300 g/mol. The Balaban J connectivity index is 2.08. The molecular formula is C15H13ClF3N. The Labute approximate surface area is 120 Å². The first-order valence-corrected chi connectivity index (χ1v) is 6.41. The summed E-state index contributed by atoms with van der Waals surface area (Å²) in [6.07, 6.45) is -4.30. The van der Waals surface area contributed by atoms with Gasteiger partial charge >= 0.3 is 6.18 Å². The van der Waals surface area contributed by atoms with E-state index >= 15 is 0 Å². The maximum atomic E-state index is 12.4. The molecule has 1 nitrogen and oxygen atoms in total. The number of nitrogens with one attached hydrogen (secondary N) is 1. The van der Waals surface area contributed by atoms with Crippen molar-refractivity contribution in [2.75, 3.05) is 5.32 Å². The lowest BCUT2D eigenvalue weighted by Gasteiger charge is -2.12. The van der Waals surface area contributed by atoms with Gasteiger partial charge in [0.1, 0.15) is 0 Å². The van der Waals surface area contributed by atoms with Gasteiger partial charge < -0.3 is 5.32 Å². The van der Waals surface area contributed by atoms with Crippen LogP contribution in [0.5, 0.6) is 0 Å². The van der Waals surface area contributed by atoms with E-state index in [1.54, 1.807) is 6.07 Å².